The van der Waals surface area contributed by atoms with Crippen LogP contribution in [0.2, 0.25) is 0 Å². The lowest BCUT2D eigenvalue weighted by molar-refractivity contribution is 0.0963. The Kier molecular flexibility index (Phi) is 6.11. The number of hydrogen-bond donors (Lipinski definition) is 2. The lowest BCUT2D eigenvalue weighted by atomic mass is 10.2. The molecule has 0 aliphatic carbocycles. The number of rotatable bonds is 6. The molecule has 0 radical (unpaired) electrons. The number of hydrogen-bond acceptors (Lipinski definition) is 8. The van der Waals surface area contributed by atoms with Crippen molar-refractivity contribution >= 4 is 29.2 Å². The Labute approximate surface area is 181 Å². The number of amides is 1. The van der Waals surface area contributed by atoms with E-state index in [9.17, 15) is 4.79 Å². The van der Waals surface area contributed by atoms with Crippen LogP contribution in [-0.2, 0) is 0 Å². The third kappa shape index (κ3) is 4.82. The molecule has 2 heterocycles. The first-order valence-corrected chi connectivity index (χ1v) is 10.1. The molecule has 9 nitrogen and oxygen atoms in total. The van der Waals surface area contributed by atoms with Crippen LogP contribution in [0.1, 0.15) is 10.4 Å². The number of ether oxygens (including phenoxy) is 1. The summed E-state index contributed by atoms with van der Waals surface area (Å²) in [5, 5.41) is 5.78. The van der Waals surface area contributed by atoms with Crippen molar-refractivity contribution in [2.45, 2.75) is 0 Å². The quantitative estimate of drug-likeness (QED) is 0.629. The van der Waals surface area contributed by atoms with Gasteiger partial charge >= 0.3 is 0 Å². The van der Waals surface area contributed by atoms with Gasteiger partial charge in [-0.25, -0.2) is 9.97 Å². The summed E-state index contributed by atoms with van der Waals surface area (Å²) < 4.78 is 5.23. The number of anilines is 4. The van der Waals surface area contributed by atoms with Gasteiger partial charge in [0.1, 0.15) is 12.1 Å². The second-order valence-corrected chi connectivity index (χ2v) is 7.07. The zero-order valence-electron chi connectivity index (χ0n) is 17.6. The number of benzene rings is 2. The van der Waals surface area contributed by atoms with Crippen molar-refractivity contribution in [2.24, 2.45) is 0 Å². The van der Waals surface area contributed by atoms with E-state index in [2.05, 4.69) is 47.5 Å². The number of carbonyl (C=O) groups excluding carboxylic acids is 1. The van der Waals surface area contributed by atoms with Gasteiger partial charge in [0.15, 0.2) is 0 Å². The van der Waals surface area contributed by atoms with Gasteiger partial charge in [0.2, 0.25) is 11.9 Å². The minimum absolute atomic E-state index is 0.144. The molecule has 0 unspecified atom stereocenters. The molecule has 160 valence electrons. The van der Waals surface area contributed by atoms with Crippen LogP contribution in [0.4, 0.5) is 23.3 Å². The smallest absolute Gasteiger partial charge is 0.251 e. The fourth-order valence-electron chi connectivity index (χ4n) is 3.47. The van der Waals surface area contributed by atoms with Crippen molar-refractivity contribution in [3.63, 3.8) is 0 Å². The average Bonchev–Trinajstić information content (AvgIpc) is 2.84. The first-order valence-electron chi connectivity index (χ1n) is 10.1. The minimum atomic E-state index is -0.144. The van der Waals surface area contributed by atoms with Gasteiger partial charge in [0.05, 0.1) is 7.11 Å². The lowest BCUT2D eigenvalue weighted by Crippen LogP contribution is -2.47. The molecular weight excluding hydrogens is 394 g/mol. The molecule has 9 heteroatoms. The number of methoxy groups -OCH3 is 1. The van der Waals surface area contributed by atoms with E-state index in [0.717, 1.165) is 37.6 Å². The van der Waals surface area contributed by atoms with Crippen LogP contribution in [0, 0.1) is 0 Å². The predicted molar refractivity (Wildman–Crippen MR) is 120 cm³/mol. The van der Waals surface area contributed by atoms with Crippen molar-refractivity contribution in [3.05, 3.63) is 60.4 Å². The summed E-state index contributed by atoms with van der Waals surface area (Å²) in [5.41, 5.74) is 2.48. The molecule has 4 rings (SSSR count). The van der Waals surface area contributed by atoms with E-state index in [1.165, 1.54) is 12.0 Å². The van der Waals surface area contributed by atoms with Gasteiger partial charge in [-0.15, -0.1) is 0 Å². The molecule has 1 aliphatic rings. The van der Waals surface area contributed by atoms with Crippen molar-refractivity contribution in [2.75, 3.05) is 55.5 Å². The molecule has 0 saturated carbocycles. The van der Waals surface area contributed by atoms with Gasteiger partial charge in [0.25, 0.3) is 5.91 Å². The van der Waals surface area contributed by atoms with E-state index in [0.29, 0.717) is 17.5 Å². The summed E-state index contributed by atoms with van der Waals surface area (Å²) in [4.78, 5) is 29.5. The molecule has 2 N–H and O–H groups in total. The molecule has 3 aromatic rings. The van der Waals surface area contributed by atoms with Crippen molar-refractivity contribution < 1.29 is 9.53 Å². The first kappa shape index (κ1) is 20.4. The van der Waals surface area contributed by atoms with E-state index in [4.69, 9.17) is 4.74 Å². The van der Waals surface area contributed by atoms with E-state index in [1.807, 2.05) is 24.3 Å². The second kappa shape index (κ2) is 9.29. The van der Waals surface area contributed by atoms with E-state index in [1.54, 1.807) is 26.3 Å². The first-order chi connectivity index (χ1) is 15.2. The van der Waals surface area contributed by atoms with E-state index < -0.39 is 0 Å². The monoisotopic (exact) mass is 419 g/mol. The third-order valence-electron chi connectivity index (χ3n) is 5.17. The maximum absolute atomic E-state index is 11.8. The zero-order chi connectivity index (χ0) is 21.6. The van der Waals surface area contributed by atoms with Gasteiger partial charge in [-0.3, -0.25) is 4.79 Å². The van der Waals surface area contributed by atoms with Crippen LogP contribution in [0.3, 0.4) is 0 Å². The maximum Gasteiger partial charge on any atom is 0.251 e. The van der Waals surface area contributed by atoms with Crippen LogP contribution in [0.25, 0.3) is 0 Å². The molecule has 0 bridgehead atoms. The molecule has 31 heavy (non-hydrogen) atoms. The molecule has 1 saturated heterocycles. The van der Waals surface area contributed by atoms with Crippen LogP contribution in [0.15, 0.2) is 54.9 Å². The SMILES string of the molecule is CNC(=O)c1cccc(Nc2ncnc(N3CCN(c4ccc(OC)cc4)CC3)n2)c1. The second-order valence-electron chi connectivity index (χ2n) is 7.07. The molecule has 1 aliphatic heterocycles. The van der Waals surface area contributed by atoms with Gasteiger partial charge in [-0.05, 0) is 42.5 Å². The Morgan fingerprint density at radius 3 is 2.45 bits per heavy atom. The minimum Gasteiger partial charge on any atom is -0.497 e. The Morgan fingerprint density at radius 2 is 1.74 bits per heavy atom. The number of nitrogens with zero attached hydrogens (tertiary/aromatic N) is 5. The molecule has 0 atom stereocenters. The van der Waals surface area contributed by atoms with Crippen LogP contribution in [0.5, 0.6) is 5.75 Å². The summed E-state index contributed by atoms with van der Waals surface area (Å²) in [7, 11) is 3.28. The Hall–Kier alpha value is -3.88. The highest BCUT2D eigenvalue weighted by Gasteiger charge is 2.20. The Bertz CT molecular complexity index is 1030. The lowest BCUT2D eigenvalue weighted by Gasteiger charge is -2.36. The van der Waals surface area contributed by atoms with E-state index in [-0.39, 0.29) is 5.91 Å². The summed E-state index contributed by atoms with van der Waals surface area (Å²) in [6.45, 7) is 3.35. The van der Waals surface area contributed by atoms with Gasteiger partial charge in [-0.1, -0.05) is 6.07 Å². The fourth-order valence-corrected chi connectivity index (χ4v) is 3.47. The standard InChI is InChI=1S/C22H25N7O2/c1-23-20(30)16-4-3-5-17(14-16)26-21-24-15-25-22(27-21)29-12-10-28(11-13-29)18-6-8-19(31-2)9-7-18/h3-9,14-15H,10-13H2,1-2H3,(H,23,30)(H,24,25,26,27). The molecule has 1 aromatic heterocycles. The van der Waals surface area contributed by atoms with E-state index >= 15 is 0 Å². The van der Waals surface area contributed by atoms with Crippen LogP contribution in [-0.4, -0.2) is 61.2 Å². The maximum atomic E-state index is 11.8. The number of carbonyl (C=O) groups is 1. The summed E-state index contributed by atoms with van der Waals surface area (Å²) in [6, 6.07) is 15.3. The highest BCUT2D eigenvalue weighted by molar-refractivity contribution is 5.95. The Morgan fingerprint density at radius 1 is 1.00 bits per heavy atom. The average molecular weight is 419 g/mol. The van der Waals surface area contributed by atoms with Crippen molar-refractivity contribution in [1.82, 2.24) is 20.3 Å². The van der Waals surface area contributed by atoms with Crippen LogP contribution >= 0.6 is 0 Å². The van der Waals surface area contributed by atoms with Gasteiger partial charge in [-0.2, -0.15) is 4.98 Å². The topological polar surface area (TPSA) is 95.5 Å². The molecule has 1 fully saturated rings. The summed E-state index contributed by atoms with van der Waals surface area (Å²) >= 11 is 0. The predicted octanol–water partition coefficient (Wildman–Crippen LogP) is 2.31. The fraction of sp³-hybridized carbons (Fsp3) is 0.273. The van der Waals surface area contributed by atoms with Gasteiger partial charge < -0.3 is 25.2 Å². The summed E-state index contributed by atoms with van der Waals surface area (Å²) in [5.74, 6) is 1.79. The van der Waals surface area contributed by atoms with Gasteiger partial charge in [0, 0.05) is 50.2 Å². The highest BCUT2D eigenvalue weighted by atomic mass is 16.5. The molecule has 0 spiro atoms. The number of aromatic nitrogens is 3. The van der Waals surface area contributed by atoms with Crippen molar-refractivity contribution in [3.8, 4) is 5.75 Å². The normalized spacial score (nSPS) is 13.6. The third-order valence-corrected chi connectivity index (χ3v) is 5.17. The Balaban J connectivity index is 1.40. The van der Waals surface area contributed by atoms with Crippen molar-refractivity contribution in [1.29, 1.82) is 0 Å². The number of nitrogens with one attached hydrogen (secondary N) is 2. The summed E-state index contributed by atoms with van der Waals surface area (Å²) in [6.07, 6.45) is 1.50. The molecular formula is C22H25N7O2. The molecule has 1 amide bonds. The number of piperazine rings is 1. The van der Waals surface area contributed by atoms with Crippen LogP contribution < -0.4 is 25.2 Å². The highest BCUT2D eigenvalue weighted by Crippen LogP contribution is 2.22. The zero-order valence-corrected chi connectivity index (χ0v) is 17.6. The largest absolute Gasteiger partial charge is 0.497 e. The molecule has 2 aromatic carbocycles.